The van der Waals surface area contributed by atoms with Gasteiger partial charge >= 0.3 is 0 Å². The van der Waals surface area contributed by atoms with Crippen LogP contribution in [-0.2, 0) is 25.7 Å². The molecule has 2 aromatic rings. The van der Waals surface area contributed by atoms with E-state index in [0.717, 1.165) is 69.2 Å². The van der Waals surface area contributed by atoms with Crippen molar-refractivity contribution >= 4 is 23.8 Å². The zero-order valence-electron chi connectivity index (χ0n) is 36.9. The molecular formula is C44H86N6. The van der Waals surface area contributed by atoms with Crippen molar-refractivity contribution in [1.82, 2.24) is 19.9 Å². The Kier molecular flexibility index (Phi) is 42.2. The van der Waals surface area contributed by atoms with Crippen molar-refractivity contribution in [3.63, 3.8) is 0 Å². The van der Waals surface area contributed by atoms with Crippen molar-refractivity contribution < 1.29 is 0 Å². The van der Waals surface area contributed by atoms with Crippen LogP contribution in [0.2, 0.25) is 0 Å². The summed E-state index contributed by atoms with van der Waals surface area (Å²) in [5.41, 5.74) is 4.98. The second-order valence-electron chi connectivity index (χ2n) is 9.67. The molecule has 50 heavy (non-hydrogen) atoms. The van der Waals surface area contributed by atoms with E-state index < -0.39 is 0 Å². The summed E-state index contributed by atoms with van der Waals surface area (Å²) in [5.74, 6) is 4.36. The SMILES string of the molecule is CC.CC.CC.CC.CC.CC.CC.CC.CCc1nc2c(c(N3CCCCC3)n1)C=CC2.CCc1nc2c(c(N3CCCCC3)n1)CC=C2. The highest BCUT2D eigenvalue weighted by Crippen LogP contribution is 2.30. The van der Waals surface area contributed by atoms with E-state index in [0.29, 0.717) is 0 Å². The Bertz CT molecular complexity index is 1060. The van der Waals surface area contributed by atoms with Crippen LogP contribution in [-0.4, -0.2) is 46.1 Å². The molecule has 2 aliphatic heterocycles. The highest BCUT2D eigenvalue weighted by molar-refractivity contribution is 5.70. The zero-order valence-corrected chi connectivity index (χ0v) is 36.9. The third-order valence-corrected chi connectivity index (χ3v) is 7.25. The van der Waals surface area contributed by atoms with Gasteiger partial charge in [-0.05, 0) is 51.0 Å². The number of hydrogen-bond acceptors (Lipinski definition) is 6. The molecule has 0 saturated carbocycles. The van der Waals surface area contributed by atoms with E-state index in [4.69, 9.17) is 9.97 Å². The molecule has 292 valence electrons. The van der Waals surface area contributed by atoms with Crippen molar-refractivity contribution in [2.24, 2.45) is 0 Å². The van der Waals surface area contributed by atoms with Gasteiger partial charge in [0.05, 0.1) is 11.4 Å². The predicted octanol–water partition coefficient (Wildman–Crippen LogP) is 13.4. The van der Waals surface area contributed by atoms with Gasteiger partial charge < -0.3 is 9.80 Å². The molecule has 0 spiro atoms. The first kappa shape index (κ1) is 54.0. The number of rotatable bonds is 4. The summed E-state index contributed by atoms with van der Waals surface area (Å²) in [6.07, 6.45) is 20.5. The minimum Gasteiger partial charge on any atom is -0.356 e. The Labute approximate surface area is 314 Å². The van der Waals surface area contributed by atoms with Crippen LogP contribution in [0.3, 0.4) is 0 Å². The second-order valence-corrected chi connectivity index (χ2v) is 9.67. The minimum absolute atomic E-state index is 0.919. The molecular weight excluding hydrogens is 613 g/mol. The van der Waals surface area contributed by atoms with Crippen LogP contribution in [0.5, 0.6) is 0 Å². The third kappa shape index (κ3) is 18.5. The van der Waals surface area contributed by atoms with E-state index in [1.54, 1.807) is 0 Å². The van der Waals surface area contributed by atoms with Gasteiger partial charge in [0.15, 0.2) is 0 Å². The molecule has 6 rings (SSSR count). The standard InChI is InChI=1S/2C14H19N3.8C2H6/c2*1-2-13-15-12-8-6-7-11(12)14(16-13)17-9-4-3-5-10-17;8*1-2/h6,8H,2-5,7,9-10H2,1H3;6-7H,2-5,8-10H2,1H3;8*1-2H3. The fourth-order valence-electron chi connectivity index (χ4n) is 5.36. The topological polar surface area (TPSA) is 58.0 Å². The van der Waals surface area contributed by atoms with E-state index in [1.165, 1.54) is 67.0 Å². The molecule has 0 amide bonds. The summed E-state index contributed by atoms with van der Waals surface area (Å²) in [6.45, 7) is 40.9. The molecule has 2 saturated heterocycles. The molecule has 0 unspecified atom stereocenters. The number of aryl methyl sites for hydroxylation is 2. The van der Waals surface area contributed by atoms with Crippen molar-refractivity contribution in [3.8, 4) is 0 Å². The largest absolute Gasteiger partial charge is 0.356 e. The first-order valence-corrected chi connectivity index (χ1v) is 21.4. The number of hydrogen-bond donors (Lipinski definition) is 0. The lowest BCUT2D eigenvalue weighted by Gasteiger charge is -2.29. The quantitative estimate of drug-likeness (QED) is 0.317. The smallest absolute Gasteiger partial charge is 0.139 e. The monoisotopic (exact) mass is 699 g/mol. The average Bonchev–Trinajstić information content (AvgIpc) is 3.94. The summed E-state index contributed by atoms with van der Waals surface area (Å²) in [5, 5.41) is 0. The van der Waals surface area contributed by atoms with E-state index >= 15 is 0 Å². The Balaban J connectivity index is -0.000000303. The van der Waals surface area contributed by atoms with Crippen LogP contribution in [0, 0.1) is 0 Å². The Hall–Kier alpha value is -2.76. The van der Waals surface area contributed by atoms with Crippen molar-refractivity contribution in [3.05, 3.63) is 46.3 Å². The highest BCUT2D eigenvalue weighted by atomic mass is 15.2. The molecule has 2 fully saturated rings. The maximum Gasteiger partial charge on any atom is 0.139 e. The normalized spacial score (nSPS) is 13.6. The Morgan fingerprint density at radius 2 is 0.860 bits per heavy atom. The zero-order chi connectivity index (χ0) is 39.3. The summed E-state index contributed by atoms with van der Waals surface area (Å²) >= 11 is 0. The number of allylic oxidation sites excluding steroid dienone is 2. The van der Waals surface area contributed by atoms with Gasteiger partial charge in [0, 0.05) is 56.6 Å². The fourth-order valence-corrected chi connectivity index (χ4v) is 5.36. The first-order valence-electron chi connectivity index (χ1n) is 21.4. The van der Waals surface area contributed by atoms with Crippen LogP contribution in [0.4, 0.5) is 11.6 Å². The van der Waals surface area contributed by atoms with E-state index in [1.807, 2.05) is 111 Å². The summed E-state index contributed by atoms with van der Waals surface area (Å²) < 4.78 is 0. The van der Waals surface area contributed by atoms with Gasteiger partial charge in [-0.1, -0.05) is 143 Å². The Morgan fingerprint density at radius 3 is 1.32 bits per heavy atom. The predicted molar refractivity (Wildman–Crippen MR) is 231 cm³/mol. The average molecular weight is 699 g/mol. The van der Waals surface area contributed by atoms with Gasteiger partial charge in [-0.25, -0.2) is 19.9 Å². The first-order chi connectivity index (χ1) is 24.8. The molecule has 4 aliphatic rings. The van der Waals surface area contributed by atoms with Gasteiger partial charge in [0.25, 0.3) is 0 Å². The molecule has 2 aromatic heterocycles. The van der Waals surface area contributed by atoms with E-state index in [9.17, 15) is 0 Å². The van der Waals surface area contributed by atoms with Crippen molar-refractivity contribution in [2.75, 3.05) is 36.0 Å². The molecule has 0 aromatic carbocycles. The van der Waals surface area contributed by atoms with Gasteiger partial charge in [-0.3, -0.25) is 0 Å². The number of nitrogens with zero attached hydrogens (tertiary/aromatic N) is 6. The van der Waals surface area contributed by atoms with Crippen molar-refractivity contribution in [2.45, 2.75) is 189 Å². The number of piperidine rings is 2. The number of fused-ring (bicyclic) bond motifs is 2. The molecule has 0 radical (unpaired) electrons. The second kappa shape index (κ2) is 39.0. The van der Waals surface area contributed by atoms with Gasteiger partial charge in [-0.2, -0.15) is 0 Å². The maximum atomic E-state index is 4.76. The lowest BCUT2D eigenvalue weighted by molar-refractivity contribution is 0.570. The molecule has 4 heterocycles. The fraction of sp³-hybridized carbons (Fsp3) is 0.727. The van der Waals surface area contributed by atoms with Crippen molar-refractivity contribution in [1.29, 1.82) is 0 Å². The van der Waals surface area contributed by atoms with E-state index in [-0.39, 0.29) is 0 Å². The lowest BCUT2D eigenvalue weighted by Crippen LogP contribution is -2.31. The Morgan fingerprint density at radius 1 is 0.460 bits per heavy atom. The van der Waals surface area contributed by atoms with Crippen LogP contribution >= 0.6 is 0 Å². The maximum absolute atomic E-state index is 4.76. The number of aromatic nitrogens is 4. The molecule has 2 aliphatic carbocycles. The lowest BCUT2D eigenvalue weighted by atomic mass is 10.1. The summed E-state index contributed by atoms with van der Waals surface area (Å²) in [7, 11) is 0. The van der Waals surface area contributed by atoms with E-state index in [2.05, 4.69) is 57.9 Å². The van der Waals surface area contributed by atoms with Gasteiger partial charge in [0.2, 0.25) is 0 Å². The molecule has 6 nitrogen and oxygen atoms in total. The van der Waals surface area contributed by atoms with Crippen LogP contribution in [0.1, 0.15) is 197 Å². The van der Waals surface area contributed by atoms with Crippen LogP contribution < -0.4 is 9.80 Å². The molecule has 6 heteroatoms. The summed E-state index contributed by atoms with van der Waals surface area (Å²) in [4.78, 5) is 23.6. The van der Waals surface area contributed by atoms with Crippen LogP contribution in [0.15, 0.2) is 12.2 Å². The molecule has 0 N–H and O–H groups in total. The highest BCUT2D eigenvalue weighted by Gasteiger charge is 2.22. The van der Waals surface area contributed by atoms with Gasteiger partial charge in [-0.15, -0.1) is 0 Å². The summed E-state index contributed by atoms with van der Waals surface area (Å²) in [6, 6.07) is 0. The molecule has 0 atom stereocenters. The molecule has 0 bridgehead atoms. The third-order valence-electron chi connectivity index (χ3n) is 7.25. The number of anilines is 2. The van der Waals surface area contributed by atoms with Gasteiger partial charge in [0.1, 0.15) is 23.3 Å². The van der Waals surface area contributed by atoms with Crippen LogP contribution in [0.25, 0.3) is 12.2 Å². The minimum atomic E-state index is 0.919.